The summed E-state index contributed by atoms with van der Waals surface area (Å²) in [4.78, 5) is 11.7. The second-order valence-corrected chi connectivity index (χ2v) is 3.69. The van der Waals surface area contributed by atoms with Crippen LogP contribution in [-0.4, -0.2) is 22.2 Å². The average Bonchev–Trinajstić information content (AvgIpc) is 2.29. The van der Waals surface area contributed by atoms with E-state index in [1.807, 2.05) is 13.8 Å². The van der Waals surface area contributed by atoms with Crippen molar-refractivity contribution >= 4 is 5.91 Å². The molecule has 0 radical (unpaired) electrons. The van der Waals surface area contributed by atoms with E-state index in [1.54, 1.807) is 0 Å². The fourth-order valence-electron chi connectivity index (χ4n) is 1.43. The Morgan fingerprint density at radius 2 is 1.88 bits per heavy atom. The van der Waals surface area contributed by atoms with Gasteiger partial charge in [0.05, 0.1) is 0 Å². The van der Waals surface area contributed by atoms with Gasteiger partial charge in [0.15, 0.2) is 11.5 Å². The van der Waals surface area contributed by atoms with Gasteiger partial charge in [-0.25, -0.2) is 0 Å². The van der Waals surface area contributed by atoms with Crippen LogP contribution in [0.2, 0.25) is 0 Å². The topological polar surface area (TPSA) is 69.6 Å². The SMILES string of the molecule is CCC(CC)NC(=O)c1ccc(O)c(O)c1. The molecule has 1 aromatic rings. The number of rotatable bonds is 4. The highest BCUT2D eigenvalue weighted by atomic mass is 16.3. The number of nitrogens with one attached hydrogen (secondary N) is 1. The van der Waals surface area contributed by atoms with Crippen LogP contribution in [-0.2, 0) is 0 Å². The van der Waals surface area contributed by atoms with Crippen molar-refractivity contribution in [2.45, 2.75) is 32.7 Å². The van der Waals surface area contributed by atoms with Gasteiger partial charge in [-0.2, -0.15) is 0 Å². The molecule has 0 heterocycles. The van der Waals surface area contributed by atoms with Crippen molar-refractivity contribution in [1.82, 2.24) is 5.32 Å². The minimum atomic E-state index is -0.280. The number of aromatic hydroxyl groups is 2. The summed E-state index contributed by atoms with van der Waals surface area (Å²) < 4.78 is 0. The predicted octanol–water partition coefficient (Wildman–Crippen LogP) is 2.02. The third kappa shape index (κ3) is 2.89. The fraction of sp³-hybridized carbons (Fsp3) is 0.417. The average molecular weight is 223 g/mol. The summed E-state index contributed by atoms with van der Waals surface area (Å²) in [6.45, 7) is 4.01. The van der Waals surface area contributed by atoms with Gasteiger partial charge < -0.3 is 15.5 Å². The smallest absolute Gasteiger partial charge is 0.251 e. The van der Waals surface area contributed by atoms with Crippen LogP contribution in [0, 0.1) is 0 Å². The van der Waals surface area contributed by atoms with Crippen molar-refractivity contribution in [2.75, 3.05) is 0 Å². The van der Waals surface area contributed by atoms with Gasteiger partial charge in [-0.05, 0) is 31.0 Å². The van der Waals surface area contributed by atoms with E-state index in [0.29, 0.717) is 5.56 Å². The number of phenols is 2. The molecule has 0 aliphatic rings. The Labute approximate surface area is 94.9 Å². The molecular formula is C12H17NO3. The van der Waals surface area contributed by atoms with E-state index in [2.05, 4.69) is 5.32 Å². The minimum Gasteiger partial charge on any atom is -0.504 e. The highest BCUT2D eigenvalue weighted by molar-refractivity contribution is 5.95. The third-order valence-corrected chi connectivity index (χ3v) is 2.56. The zero-order valence-corrected chi connectivity index (χ0v) is 9.53. The molecule has 16 heavy (non-hydrogen) atoms. The summed E-state index contributed by atoms with van der Waals surface area (Å²) in [7, 11) is 0. The molecular weight excluding hydrogens is 206 g/mol. The molecule has 0 atom stereocenters. The number of carbonyl (C=O) groups is 1. The maximum atomic E-state index is 11.7. The lowest BCUT2D eigenvalue weighted by Gasteiger charge is -2.14. The van der Waals surface area contributed by atoms with E-state index < -0.39 is 0 Å². The van der Waals surface area contributed by atoms with Crippen LogP contribution >= 0.6 is 0 Å². The summed E-state index contributed by atoms with van der Waals surface area (Å²) >= 11 is 0. The van der Waals surface area contributed by atoms with E-state index in [4.69, 9.17) is 5.11 Å². The lowest BCUT2D eigenvalue weighted by molar-refractivity contribution is 0.0934. The van der Waals surface area contributed by atoms with Crippen molar-refractivity contribution in [2.24, 2.45) is 0 Å². The normalized spacial score (nSPS) is 10.4. The van der Waals surface area contributed by atoms with Crippen molar-refractivity contribution in [3.05, 3.63) is 23.8 Å². The molecule has 88 valence electrons. The van der Waals surface area contributed by atoms with Gasteiger partial charge in [-0.1, -0.05) is 13.8 Å². The summed E-state index contributed by atoms with van der Waals surface area (Å²) in [5.74, 6) is -0.736. The zero-order chi connectivity index (χ0) is 12.1. The molecule has 0 fully saturated rings. The molecule has 3 N–H and O–H groups in total. The van der Waals surface area contributed by atoms with E-state index in [-0.39, 0.29) is 23.4 Å². The number of phenolic OH excluding ortho intramolecular Hbond substituents is 2. The molecule has 1 rings (SSSR count). The molecule has 0 aliphatic heterocycles. The van der Waals surface area contributed by atoms with E-state index in [0.717, 1.165) is 12.8 Å². The molecule has 0 aromatic heterocycles. The number of benzene rings is 1. The number of hydrogen-bond acceptors (Lipinski definition) is 3. The number of amides is 1. The Balaban J connectivity index is 2.76. The highest BCUT2D eigenvalue weighted by Gasteiger charge is 2.12. The lowest BCUT2D eigenvalue weighted by Crippen LogP contribution is -2.33. The maximum Gasteiger partial charge on any atom is 0.251 e. The van der Waals surface area contributed by atoms with E-state index in [9.17, 15) is 9.90 Å². The van der Waals surface area contributed by atoms with Crippen LogP contribution in [0.3, 0.4) is 0 Å². The second-order valence-electron chi connectivity index (χ2n) is 3.69. The lowest BCUT2D eigenvalue weighted by atomic mass is 10.1. The first-order valence-corrected chi connectivity index (χ1v) is 5.41. The van der Waals surface area contributed by atoms with Gasteiger partial charge >= 0.3 is 0 Å². The number of carbonyl (C=O) groups excluding carboxylic acids is 1. The van der Waals surface area contributed by atoms with Crippen LogP contribution < -0.4 is 5.32 Å². The highest BCUT2D eigenvalue weighted by Crippen LogP contribution is 2.24. The predicted molar refractivity (Wildman–Crippen MR) is 61.6 cm³/mol. The van der Waals surface area contributed by atoms with Gasteiger partial charge in [-0.3, -0.25) is 4.79 Å². The summed E-state index contributed by atoms with van der Waals surface area (Å²) in [5.41, 5.74) is 0.349. The summed E-state index contributed by atoms with van der Waals surface area (Å²) in [6.07, 6.45) is 1.73. The first-order valence-electron chi connectivity index (χ1n) is 5.41. The van der Waals surface area contributed by atoms with Crippen molar-refractivity contribution in [1.29, 1.82) is 0 Å². The van der Waals surface area contributed by atoms with Crippen molar-refractivity contribution in [3.8, 4) is 11.5 Å². The fourth-order valence-corrected chi connectivity index (χ4v) is 1.43. The molecule has 4 nitrogen and oxygen atoms in total. The molecule has 0 saturated heterocycles. The molecule has 0 spiro atoms. The van der Waals surface area contributed by atoms with Gasteiger partial charge in [0.2, 0.25) is 0 Å². The van der Waals surface area contributed by atoms with Crippen LogP contribution in [0.4, 0.5) is 0 Å². The molecule has 4 heteroatoms. The van der Waals surface area contributed by atoms with Crippen molar-refractivity contribution < 1.29 is 15.0 Å². The standard InChI is InChI=1S/C12H17NO3/c1-3-9(4-2)13-12(16)8-5-6-10(14)11(15)7-8/h5-7,9,14-15H,3-4H2,1-2H3,(H,13,16). The quantitative estimate of drug-likeness (QED) is 0.684. The maximum absolute atomic E-state index is 11.7. The largest absolute Gasteiger partial charge is 0.504 e. The van der Waals surface area contributed by atoms with Crippen LogP contribution in [0.1, 0.15) is 37.0 Å². The Morgan fingerprint density at radius 3 is 2.38 bits per heavy atom. The minimum absolute atomic E-state index is 0.142. The Bertz CT molecular complexity index is 373. The summed E-state index contributed by atoms with van der Waals surface area (Å²) in [6, 6.07) is 4.18. The van der Waals surface area contributed by atoms with E-state index >= 15 is 0 Å². The van der Waals surface area contributed by atoms with Gasteiger partial charge in [0, 0.05) is 11.6 Å². The summed E-state index contributed by atoms with van der Waals surface area (Å²) in [5, 5.41) is 21.2. The van der Waals surface area contributed by atoms with Gasteiger partial charge in [0.1, 0.15) is 0 Å². The van der Waals surface area contributed by atoms with Crippen LogP contribution in [0.5, 0.6) is 11.5 Å². The molecule has 1 amide bonds. The van der Waals surface area contributed by atoms with Crippen LogP contribution in [0.25, 0.3) is 0 Å². The first-order chi connectivity index (χ1) is 7.58. The molecule has 0 bridgehead atoms. The Hall–Kier alpha value is -1.71. The Morgan fingerprint density at radius 1 is 1.25 bits per heavy atom. The molecule has 0 unspecified atom stereocenters. The molecule has 0 saturated carbocycles. The monoisotopic (exact) mass is 223 g/mol. The Kier molecular flexibility index (Phi) is 4.17. The van der Waals surface area contributed by atoms with Gasteiger partial charge in [0.25, 0.3) is 5.91 Å². The molecule has 0 aliphatic carbocycles. The van der Waals surface area contributed by atoms with Gasteiger partial charge in [-0.15, -0.1) is 0 Å². The van der Waals surface area contributed by atoms with E-state index in [1.165, 1.54) is 18.2 Å². The van der Waals surface area contributed by atoms with Crippen molar-refractivity contribution in [3.63, 3.8) is 0 Å². The third-order valence-electron chi connectivity index (χ3n) is 2.56. The van der Waals surface area contributed by atoms with Crippen LogP contribution in [0.15, 0.2) is 18.2 Å². The molecule has 1 aromatic carbocycles. The second kappa shape index (κ2) is 5.39. The zero-order valence-electron chi connectivity index (χ0n) is 9.53. The number of hydrogen-bond donors (Lipinski definition) is 3. The first kappa shape index (κ1) is 12.4.